The molecular weight excluding hydrogens is 266 g/mol. The van der Waals surface area contributed by atoms with Crippen molar-refractivity contribution in [3.05, 3.63) is 77.9 Å². The highest BCUT2D eigenvalue weighted by atomic mass is 14.7. The number of unbranched alkanes of at least 4 members (excludes halogenated alkanes) is 3. The molecule has 0 spiro atoms. The van der Waals surface area contributed by atoms with E-state index in [0.717, 1.165) is 28.8 Å². The molecule has 0 saturated carbocycles. The molecule has 0 saturated heterocycles. The lowest BCUT2D eigenvalue weighted by molar-refractivity contribution is 0.676. The average molecular weight is 291 g/mol. The lowest BCUT2D eigenvalue weighted by Crippen LogP contribution is -1.90. The maximum atomic E-state index is 4.53. The van der Waals surface area contributed by atoms with Gasteiger partial charge in [-0.1, -0.05) is 81.3 Å². The fourth-order valence-electron chi connectivity index (χ4n) is 2.41. The van der Waals surface area contributed by atoms with Crippen LogP contribution in [0.15, 0.2) is 66.2 Å². The topological polar surface area (TPSA) is 12.4 Å². The molecule has 0 radical (unpaired) electrons. The lowest BCUT2D eigenvalue weighted by atomic mass is 9.98. The van der Waals surface area contributed by atoms with Gasteiger partial charge in [0.05, 0.1) is 0 Å². The summed E-state index contributed by atoms with van der Waals surface area (Å²) in [5.41, 5.74) is 4.51. The Morgan fingerprint density at radius 3 is 2.50 bits per heavy atom. The van der Waals surface area contributed by atoms with Crippen LogP contribution in [0.1, 0.15) is 49.3 Å². The minimum absolute atomic E-state index is 0.920. The van der Waals surface area contributed by atoms with Crippen molar-refractivity contribution in [1.82, 2.24) is 0 Å². The fourth-order valence-corrected chi connectivity index (χ4v) is 2.41. The van der Waals surface area contributed by atoms with Crippen molar-refractivity contribution < 1.29 is 0 Å². The quantitative estimate of drug-likeness (QED) is 0.434. The second-order valence-corrected chi connectivity index (χ2v) is 5.57. The highest BCUT2D eigenvalue weighted by molar-refractivity contribution is 5.84. The Morgan fingerprint density at radius 1 is 0.955 bits per heavy atom. The minimum Gasteiger partial charge on any atom is -0.293 e. The van der Waals surface area contributed by atoms with Crippen LogP contribution in [0, 0.1) is 0 Å². The van der Waals surface area contributed by atoms with Gasteiger partial charge in [-0.05, 0) is 34.8 Å². The second kappa shape index (κ2) is 8.99. The molecular formula is C21H25N. The second-order valence-electron chi connectivity index (χ2n) is 5.57. The number of benzene rings is 2. The predicted molar refractivity (Wildman–Crippen MR) is 97.6 cm³/mol. The molecule has 1 heteroatoms. The normalized spacial score (nSPS) is 11.0. The van der Waals surface area contributed by atoms with Gasteiger partial charge in [-0.3, -0.25) is 4.99 Å². The number of nitrogens with zero attached hydrogens (tertiary/aromatic N) is 1. The molecule has 22 heavy (non-hydrogen) atoms. The van der Waals surface area contributed by atoms with Crippen molar-refractivity contribution in [2.24, 2.45) is 4.99 Å². The summed E-state index contributed by atoms with van der Waals surface area (Å²) in [6.45, 7) is 7.37. The smallest absolute Gasteiger partial charge is 0.0389 e. The molecule has 0 aliphatic rings. The molecule has 0 fully saturated rings. The molecule has 0 aliphatic heterocycles. The van der Waals surface area contributed by atoms with E-state index in [0.29, 0.717) is 0 Å². The summed E-state index contributed by atoms with van der Waals surface area (Å²) in [5, 5.41) is 0. The number of hydrogen-bond donors (Lipinski definition) is 0. The van der Waals surface area contributed by atoms with E-state index in [1.807, 2.05) is 24.4 Å². The first-order valence-electron chi connectivity index (χ1n) is 8.16. The van der Waals surface area contributed by atoms with E-state index in [1.54, 1.807) is 0 Å². The van der Waals surface area contributed by atoms with Crippen LogP contribution < -0.4 is 0 Å². The zero-order valence-corrected chi connectivity index (χ0v) is 13.5. The van der Waals surface area contributed by atoms with Gasteiger partial charge in [-0.2, -0.15) is 0 Å². The first kappa shape index (κ1) is 16.2. The Kier molecular flexibility index (Phi) is 6.63. The van der Waals surface area contributed by atoms with Crippen LogP contribution in [0.4, 0.5) is 0 Å². The van der Waals surface area contributed by atoms with E-state index in [-0.39, 0.29) is 0 Å². The Morgan fingerprint density at radius 2 is 1.73 bits per heavy atom. The van der Waals surface area contributed by atoms with Gasteiger partial charge in [0.2, 0.25) is 0 Å². The molecule has 0 aliphatic carbocycles. The Balaban J connectivity index is 1.98. The van der Waals surface area contributed by atoms with Crippen molar-refractivity contribution >= 4 is 11.8 Å². The van der Waals surface area contributed by atoms with E-state index < -0.39 is 0 Å². The average Bonchev–Trinajstić information content (AvgIpc) is 2.58. The van der Waals surface area contributed by atoms with Crippen LogP contribution in [0.3, 0.4) is 0 Å². The summed E-state index contributed by atoms with van der Waals surface area (Å²) in [4.78, 5) is 4.53. The van der Waals surface area contributed by atoms with Crippen LogP contribution in [-0.4, -0.2) is 12.8 Å². The zero-order valence-electron chi connectivity index (χ0n) is 13.5. The zero-order chi connectivity index (χ0) is 15.6. The monoisotopic (exact) mass is 291 g/mol. The third-order valence-corrected chi connectivity index (χ3v) is 3.74. The van der Waals surface area contributed by atoms with Crippen LogP contribution in [0.5, 0.6) is 0 Å². The van der Waals surface area contributed by atoms with Gasteiger partial charge in [0.25, 0.3) is 0 Å². The fraction of sp³-hybridized carbons (Fsp3) is 0.286. The van der Waals surface area contributed by atoms with Crippen molar-refractivity contribution in [2.45, 2.75) is 32.6 Å². The molecule has 1 nitrogen and oxygen atoms in total. The number of rotatable bonds is 8. The largest absolute Gasteiger partial charge is 0.293 e. The Hall–Kier alpha value is -2.15. The first-order valence-corrected chi connectivity index (χ1v) is 8.16. The van der Waals surface area contributed by atoms with Gasteiger partial charge in [-0.25, -0.2) is 0 Å². The molecule has 2 aromatic carbocycles. The van der Waals surface area contributed by atoms with Crippen LogP contribution in [0.2, 0.25) is 0 Å². The van der Waals surface area contributed by atoms with Gasteiger partial charge in [-0.15, -0.1) is 0 Å². The van der Waals surface area contributed by atoms with Crippen molar-refractivity contribution in [2.75, 3.05) is 6.54 Å². The summed E-state index contributed by atoms with van der Waals surface area (Å²) < 4.78 is 0. The van der Waals surface area contributed by atoms with E-state index >= 15 is 0 Å². The standard InChI is InChI=1S/C21H25N/c1-3-4-5-9-15-22-17-19-11-10-14-21(16-19)18(2)20-12-7-6-8-13-20/h6-8,10-14,16-17H,2-5,9,15H2,1H3. The molecule has 2 aromatic rings. The number of aliphatic imine (C=N–C) groups is 1. The van der Waals surface area contributed by atoms with E-state index in [1.165, 1.54) is 25.7 Å². The summed E-state index contributed by atoms with van der Waals surface area (Å²) in [7, 11) is 0. The van der Waals surface area contributed by atoms with E-state index in [4.69, 9.17) is 0 Å². The first-order chi connectivity index (χ1) is 10.8. The van der Waals surface area contributed by atoms with Crippen molar-refractivity contribution in [3.63, 3.8) is 0 Å². The summed E-state index contributed by atoms with van der Waals surface area (Å²) in [5.74, 6) is 0. The lowest BCUT2D eigenvalue weighted by Gasteiger charge is -2.07. The highest BCUT2D eigenvalue weighted by Gasteiger charge is 2.02. The molecule has 0 aromatic heterocycles. The maximum Gasteiger partial charge on any atom is 0.0389 e. The summed E-state index contributed by atoms with van der Waals surface area (Å²) >= 11 is 0. The van der Waals surface area contributed by atoms with Crippen LogP contribution in [0.25, 0.3) is 5.57 Å². The molecule has 2 rings (SSSR count). The third-order valence-electron chi connectivity index (χ3n) is 3.74. The number of hydrogen-bond acceptors (Lipinski definition) is 1. The van der Waals surface area contributed by atoms with Crippen molar-refractivity contribution in [1.29, 1.82) is 0 Å². The third kappa shape index (κ3) is 5.00. The SMILES string of the molecule is C=C(c1ccccc1)c1cccc(C=NCCCCCC)c1. The summed E-state index contributed by atoms with van der Waals surface area (Å²) in [6, 6.07) is 18.7. The maximum absolute atomic E-state index is 4.53. The van der Waals surface area contributed by atoms with E-state index in [9.17, 15) is 0 Å². The Bertz CT molecular complexity index is 611. The van der Waals surface area contributed by atoms with Gasteiger partial charge < -0.3 is 0 Å². The molecule has 0 amide bonds. The van der Waals surface area contributed by atoms with Crippen LogP contribution in [-0.2, 0) is 0 Å². The van der Waals surface area contributed by atoms with Crippen LogP contribution >= 0.6 is 0 Å². The molecule has 0 atom stereocenters. The Labute approximate surface area is 134 Å². The predicted octanol–water partition coefficient (Wildman–Crippen LogP) is 5.75. The minimum atomic E-state index is 0.920. The van der Waals surface area contributed by atoms with Crippen molar-refractivity contribution in [3.8, 4) is 0 Å². The molecule has 0 heterocycles. The molecule has 0 unspecified atom stereocenters. The van der Waals surface area contributed by atoms with Gasteiger partial charge in [0.15, 0.2) is 0 Å². The summed E-state index contributed by atoms with van der Waals surface area (Å²) in [6.07, 6.45) is 7.02. The molecule has 0 N–H and O–H groups in total. The molecule has 114 valence electrons. The molecule has 0 bridgehead atoms. The van der Waals surface area contributed by atoms with E-state index in [2.05, 4.69) is 54.9 Å². The van der Waals surface area contributed by atoms with Gasteiger partial charge in [0.1, 0.15) is 0 Å². The van der Waals surface area contributed by atoms with Gasteiger partial charge in [0, 0.05) is 12.8 Å². The van der Waals surface area contributed by atoms with Gasteiger partial charge >= 0.3 is 0 Å². The highest BCUT2D eigenvalue weighted by Crippen LogP contribution is 2.21.